The third-order valence-corrected chi connectivity index (χ3v) is 7.45. The van der Waals surface area contributed by atoms with Crippen molar-refractivity contribution >= 4 is 28.3 Å². The number of aromatic nitrogens is 4. The third kappa shape index (κ3) is 6.33. The van der Waals surface area contributed by atoms with Gasteiger partial charge < -0.3 is 14.4 Å². The topological polar surface area (TPSA) is 119 Å². The maximum absolute atomic E-state index is 13.4. The van der Waals surface area contributed by atoms with Gasteiger partial charge in [0.1, 0.15) is 11.4 Å². The first-order chi connectivity index (χ1) is 18.5. The number of alkyl halides is 3. The summed E-state index contributed by atoms with van der Waals surface area (Å²) in [4.78, 5) is 35.4. The maximum Gasteiger partial charge on any atom is 0.433 e. The summed E-state index contributed by atoms with van der Waals surface area (Å²) in [5.74, 6) is -0.951. The molecule has 10 nitrogen and oxygen atoms in total. The molecule has 3 heterocycles. The summed E-state index contributed by atoms with van der Waals surface area (Å²) in [5, 5.41) is 10.6. The zero-order valence-corrected chi connectivity index (χ0v) is 22.5. The smallest absolute Gasteiger partial charge is 0.433 e. The lowest BCUT2D eigenvalue weighted by atomic mass is 9.92. The van der Waals surface area contributed by atoms with Crippen LogP contribution in [0.2, 0.25) is 0 Å². The Bertz CT molecular complexity index is 1360. The van der Waals surface area contributed by atoms with E-state index in [2.05, 4.69) is 25.5 Å². The van der Waals surface area contributed by atoms with E-state index in [1.165, 1.54) is 19.4 Å². The summed E-state index contributed by atoms with van der Waals surface area (Å²) in [6.07, 6.45) is 1.03. The van der Waals surface area contributed by atoms with Crippen molar-refractivity contribution in [1.82, 2.24) is 25.1 Å². The Morgan fingerprint density at radius 1 is 1.05 bits per heavy atom. The Labute approximate surface area is 226 Å². The minimum Gasteiger partial charge on any atom is -0.494 e. The fraction of sp³-hybridized carbons (Fsp3) is 0.440. The number of pyridine rings is 2. The standard InChI is InChI=1S/C25H27F3N6O4S/c1-13-9-16(17-10-20(25(26,27)28)30-12-19(17)38-4)18(11-29-13)21(35)31-24-33-32-22(39-24)23(36)34(2)14-5-7-15(37-3)8-6-14/h9-12,14-15H,5-8H2,1-4H3,(H,31,33,35). The lowest BCUT2D eigenvalue weighted by molar-refractivity contribution is -0.141. The molecule has 1 aliphatic carbocycles. The average Bonchev–Trinajstić information content (AvgIpc) is 3.39. The number of ether oxygens (including phenoxy) is 2. The molecule has 0 aliphatic heterocycles. The molecule has 1 aliphatic rings. The number of rotatable bonds is 7. The number of carbonyl (C=O) groups is 2. The maximum atomic E-state index is 13.4. The van der Waals surface area contributed by atoms with Gasteiger partial charge in [-0.3, -0.25) is 19.9 Å². The zero-order chi connectivity index (χ0) is 28.3. The quantitative estimate of drug-likeness (QED) is 0.442. The molecule has 208 valence electrons. The van der Waals surface area contributed by atoms with E-state index in [9.17, 15) is 22.8 Å². The first-order valence-electron chi connectivity index (χ1n) is 12.0. The molecular weight excluding hydrogens is 537 g/mol. The number of methoxy groups -OCH3 is 2. The number of carbonyl (C=O) groups excluding carboxylic acids is 2. The number of aryl methyl sites for hydroxylation is 1. The zero-order valence-electron chi connectivity index (χ0n) is 21.7. The van der Waals surface area contributed by atoms with Gasteiger partial charge in [0.05, 0.1) is 25.0 Å². The van der Waals surface area contributed by atoms with E-state index in [0.29, 0.717) is 5.69 Å². The number of halogens is 3. The molecule has 2 amide bonds. The number of hydrogen-bond donors (Lipinski definition) is 1. The van der Waals surface area contributed by atoms with Crippen LogP contribution >= 0.6 is 11.3 Å². The molecular formula is C25H27F3N6O4S. The highest BCUT2D eigenvalue weighted by molar-refractivity contribution is 7.17. The Balaban J connectivity index is 1.56. The Kier molecular flexibility index (Phi) is 8.45. The molecule has 0 saturated heterocycles. The summed E-state index contributed by atoms with van der Waals surface area (Å²) in [5.41, 5.74) is -0.495. The van der Waals surface area contributed by atoms with Crippen molar-refractivity contribution in [3.8, 4) is 16.9 Å². The third-order valence-electron chi connectivity index (χ3n) is 6.63. The molecule has 1 N–H and O–H groups in total. The molecule has 0 aromatic carbocycles. The monoisotopic (exact) mass is 564 g/mol. The molecule has 1 saturated carbocycles. The average molecular weight is 565 g/mol. The second kappa shape index (κ2) is 11.6. The van der Waals surface area contributed by atoms with Crippen LogP contribution in [0.3, 0.4) is 0 Å². The van der Waals surface area contributed by atoms with E-state index in [0.717, 1.165) is 49.3 Å². The van der Waals surface area contributed by atoms with Gasteiger partial charge in [0.2, 0.25) is 10.1 Å². The summed E-state index contributed by atoms with van der Waals surface area (Å²) >= 11 is 0.906. The van der Waals surface area contributed by atoms with Crippen molar-refractivity contribution < 1.29 is 32.2 Å². The highest BCUT2D eigenvalue weighted by Crippen LogP contribution is 2.37. The molecule has 0 atom stereocenters. The molecule has 0 radical (unpaired) electrons. The van der Waals surface area contributed by atoms with Crippen LogP contribution in [0.25, 0.3) is 11.1 Å². The van der Waals surface area contributed by atoms with Crippen LogP contribution in [0.1, 0.15) is 57.2 Å². The van der Waals surface area contributed by atoms with Crippen molar-refractivity contribution in [3.63, 3.8) is 0 Å². The van der Waals surface area contributed by atoms with Crippen LogP contribution in [0.15, 0.2) is 24.5 Å². The largest absolute Gasteiger partial charge is 0.494 e. The lowest BCUT2D eigenvalue weighted by Crippen LogP contribution is -2.40. The van der Waals surface area contributed by atoms with Crippen molar-refractivity contribution in [1.29, 1.82) is 0 Å². The van der Waals surface area contributed by atoms with E-state index in [-0.39, 0.29) is 50.6 Å². The second-order valence-electron chi connectivity index (χ2n) is 9.09. The van der Waals surface area contributed by atoms with Gasteiger partial charge in [0.25, 0.3) is 11.8 Å². The van der Waals surface area contributed by atoms with Gasteiger partial charge in [-0.25, -0.2) is 4.98 Å². The van der Waals surface area contributed by atoms with Gasteiger partial charge >= 0.3 is 6.18 Å². The van der Waals surface area contributed by atoms with Crippen molar-refractivity contribution in [2.45, 2.75) is 50.9 Å². The van der Waals surface area contributed by atoms with E-state index in [1.54, 1.807) is 26.0 Å². The molecule has 0 bridgehead atoms. The van der Waals surface area contributed by atoms with Crippen molar-refractivity contribution in [2.24, 2.45) is 0 Å². The lowest BCUT2D eigenvalue weighted by Gasteiger charge is -2.33. The fourth-order valence-electron chi connectivity index (χ4n) is 4.44. The summed E-state index contributed by atoms with van der Waals surface area (Å²) in [7, 11) is 4.68. The van der Waals surface area contributed by atoms with Crippen LogP contribution in [-0.4, -0.2) is 70.3 Å². The van der Waals surface area contributed by atoms with Gasteiger partial charge in [-0.2, -0.15) is 13.2 Å². The minimum atomic E-state index is -4.70. The van der Waals surface area contributed by atoms with E-state index < -0.39 is 17.8 Å². The Morgan fingerprint density at radius 2 is 1.77 bits per heavy atom. The summed E-state index contributed by atoms with van der Waals surface area (Å²) in [6, 6.07) is 2.35. The minimum absolute atomic E-state index is 0.0201. The van der Waals surface area contributed by atoms with E-state index in [4.69, 9.17) is 9.47 Å². The number of nitrogens with zero attached hydrogens (tertiary/aromatic N) is 5. The molecule has 1 fully saturated rings. The normalized spacial score (nSPS) is 17.5. The first kappa shape index (κ1) is 28.4. The molecule has 14 heteroatoms. The molecule has 0 spiro atoms. The Hall–Kier alpha value is -3.65. The van der Waals surface area contributed by atoms with Gasteiger partial charge in [-0.05, 0) is 44.7 Å². The first-order valence-corrected chi connectivity index (χ1v) is 12.9. The number of nitrogens with one attached hydrogen (secondary N) is 1. The fourth-order valence-corrected chi connectivity index (χ4v) is 5.17. The predicted molar refractivity (Wildman–Crippen MR) is 137 cm³/mol. The van der Waals surface area contributed by atoms with E-state index >= 15 is 0 Å². The van der Waals surface area contributed by atoms with Gasteiger partial charge in [0, 0.05) is 43.2 Å². The number of amides is 2. The highest BCUT2D eigenvalue weighted by atomic mass is 32.1. The molecule has 4 rings (SSSR count). The molecule has 0 unspecified atom stereocenters. The summed E-state index contributed by atoms with van der Waals surface area (Å²) in [6.45, 7) is 1.64. The SMILES string of the molecule is COc1cnc(C(F)(F)F)cc1-c1cc(C)ncc1C(=O)Nc1nnc(C(=O)N(C)C2CCC(OC)CC2)s1. The highest BCUT2D eigenvalue weighted by Gasteiger charge is 2.34. The van der Waals surface area contributed by atoms with Gasteiger partial charge in [-0.1, -0.05) is 11.3 Å². The van der Waals surface area contributed by atoms with Crippen molar-refractivity contribution in [3.05, 3.63) is 46.5 Å². The van der Waals surface area contributed by atoms with Crippen molar-refractivity contribution in [2.75, 3.05) is 26.6 Å². The second-order valence-corrected chi connectivity index (χ2v) is 10.1. The predicted octanol–water partition coefficient (Wildman–Crippen LogP) is 4.61. The molecule has 3 aromatic heterocycles. The summed E-state index contributed by atoms with van der Waals surface area (Å²) < 4.78 is 50.7. The van der Waals surface area contributed by atoms with Gasteiger partial charge in [0.15, 0.2) is 0 Å². The van der Waals surface area contributed by atoms with Crippen LogP contribution in [0.4, 0.5) is 18.3 Å². The van der Waals surface area contributed by atoms with E-state index in [1.807, 2.05) is 0 Å². The van der Waals surface area contributed by atoms with Crippen LogP contribution in [0.5, 0.6) is 5.75 Å². The van der Waals surface area contributed by atoms with Crippen LogP contribution < -0.4 is 10.1 Å². The number of hydrogen-bond acceptors (Lipinski definition) is 9. The van der Waals surface area contributed by atoms with Crippen LogP contribution in [0, 0.1) is 6.92 Å². The van der Waals surface area contributed by atoms with Crippen LogP contribution in [-0.2, 0) is 10.9 Å². The Morgan fingerprint density at radius 3 is 2.41 bits per heavy atom. The molecule has 3 aromatic rings. The van der Waals surface area contributed by atoms with Gasteiger partial charge in [-0.15, -0.1) is 10.2 Å². The number of anilines is 1. The molecule has 39 heavy (non-hydrogen) atoms.